The van der Waals surface area contributed by atoms with Crippen LogP contribution in [0.1, 0.15) is 51.7 Å². The van der Waals surface area contributed by atoms with Gasteiger partial charge in [-0.2, -0.15) is 0 Å². The maximum Gasteiger partial charge on any atom is 0.307 e. The quantitative estimate of drug-likeness (QED) is 0.881. The van der Waals surface area contributed by atoms with Crippen molar-refractivity contribution in [3.63, 3.8) is 0 Å². The minimum absolute atomic E-state index is 0. The Labute approximate surface area is 121 Å². The van der Waals surface area contributed by atoms with Crippen LogP contribution in [0.15, 0.2) is 24.3 Å². The van der Waals surface area contributed by atoms with Gasteiger partial charge in [0.05, 0.1) is 5.92 Å². The lowest BCUT2D eigenvalue weighted by Crippen LogP contribution is -2.10. The molecule has 19 heavy (non-hydrogen) atoms. The first-order valence-corrected chi connectivity index (χ1v) is 6.49. The Balaban J connectivity index is 0.00000180. The number of hydrogen-bond acceptors (Lipinski definition) is 1. The summed E-state index contributed by atoms with van der Waals surface area (Å²) < 4.78 is 0. The highest BCUT2D eigenvalue weighted by Crippen LogP contribution is 2.64. The highest BCUT2D eigenvalue weighted by atomic mass is 35.5. The van der Waals surface area contributed by atoms with Crippen molar-refractivity contribution in [2.45, 2.75) is 46.0 Å². The van der Waals surface area contributed by atoms with E-state index in [1.54, 1.807) is 0 Å². The van der Waals surface area contributed by atoms with Crippen LogP contribution in [-0.2, 0) is 10.2 Å². The van der Waals surface area contributed by atoms with E-state index in [0.717, 1.165) is 5.56 Å². The van der Waals surface area contributed by atoms with E-state index in [2.05, 4.69) is 45.0 Å². The maximum absolute atomic E-state index is 11.2. The molecular weight excluding hydrogens is 260 g/mol. The average molecular weight is 283 g/mol. The topological polar surface area (TPSA) is 37.3 Å². The van der Waals surface area contributed by atoms with Gasteiger partial charge in [0.25, 0.3) is 0 Å². The molecule has 1 aliphatic rings. The van der Waals surface area contributed by atoms with Crippen molar-refractivity contribution in [2.24, 2.45) is 11.3 Å². The molecule has 0 bridgehead atoms. The van der Waals surface area contributed by atoms with Crippen LogP contribution < -0.4 is 0 Å². The van der Waals surface area contributed by atoms with Crippen LogP contribution >= 0.6 is 12.4 Å². The standard InChI is InChI=1S/C16H22O2.ClH/c1-15(2,3)11-8-6-10(7-9-11)12-13(14(17)18)16(12,4)5;/h6-9,12-13H,1-5H3,(H,17,18);1H/t12-,13+;/m0./s1. The van der Waals surface area contributed by atoms with Gasteiger partial charge in [-0.05, 0) is 22.0 Å². The largest absolute Gasteiger partial charge is 0.481 e. The second-order valence-electron chi connectivity index (χ2n) is 6.99. The van der Waals surface area contributed by atoms with Crippen molar-refractivity contribution in [3.05, 3.63) is 35.4 Å². The number of carboxylic acid groups (broad SMARTS) is 1. The third-order valence-electron chi connectivity index (χ3n) is 4.23. The zero-order valence-corrected chi connectivity index (χ0v) is 13.0. The van der Waals surface area contributed by atoms with E-state index in [0.29, 0.717) is 0 Å². The molecule has 0 aliphatic heterocycles. The molecule has 2 atom stereocenters. The normalized spacial score (nSPS) is 24.5. The summed E-state index contributed by atoms with van der Waals surface area (Å²) in [5.74, 6) is -0.757. The van der Waals surface area contributed by atoms with Crippen LogP contribution in [0.4, 0.5) is 0 Å². The molecule has 0 spiro atoms. The summed E-state index contributed by atoms with van der Waals surface area (Å²) in [6, 6.07) is 8.44. The Morgan fingerprint density at radius 3 is 1.95 bits per heavy atom. The van der Waals surface area contributed by atoms with E-state index in [4.69, 9.17) is 0 Å². The third-order valence-corrected chi connectivity index (χ3v) is 4.23. The Kier molecular flexibility index (Phi) is 4.07. The van der Waals surface area contributed by atoms with Crippen molar-refractivity contribution in [3.8, 4) is 0 Å². The van der Waals surface area contributed by atoms with Crippen LogP contribution in [-0.4, -0.2) is 11.1 Å². The molecule has 106 valence electrons. The fraction of sp³-hybridized carbons (Fsp3) is 0.562. The molecule has 0 radical (unpaired) electrons. The number of hydrogen-bond donors (Lipinski definition) is 1. The summed E-state index contributed by atoms with van der Waals surface area (Å²) in [5, 5.41) is 9.20. The summed E-state index contributed by atoms with van der Waals surface area (Å²) in [6.45, 7) is 10.6. The molecule has 1 saturated carbocycles. The molecule has 1 N–H and O–H groups in total. The van der Waals surface area contributed by atoms with E-state index < -0.39 is 5.97 Å². The highest BCUT2D eigenvalue weighted by Gasteiger charge is 2.62. The number of rotatable bonds is 2. The molecule has 1 fully saturated rings. The van der Waals surface area contributed by atoms with Crippen LogP contribution in [0.3, 0.4) is 0 Å². The molecule has 1 aliphatic carbocycles. The fourth-order valence-electron chi connectivity index (χ4n) is 2.91. The Morgan fingerprint density at radius 1 is 1.16 bits per heavy atom. The Morgan fingerprint density at radius 2 is 1.63 bits per heavy atom. The highest BCUT2D eigenvalue weighted by molar-refractivity contribution is 5.85. The van der Waals surface area contributed by atoms with E-state index in [-0.39, 0.29) is 35.1 Å². The van der Waals surface area contributed by atoms with Gasteiger partial charge in [0.2, 0.25) is 0 Å². The molecule has 3 heteroatoms. The van der Waals surface area contributed by atoms with Crippen LogP contribution in [0.25, 0.3) is 0 Å². The molecule has 2 nitrogen and oxygen atoms in total. The Bertz CT molecular complexity index is 469. The number of aliphatic carboxylic acids is 1. The molecule has 1 aromatic rings. The first-order valence-electron chi connectivity index (χ1n) is 6.49. The maximum atomic E-state index is 11.2. The Hall–Kier alpha value is -1.02. The van der Waals surface area contributed by atoms with E-state index in [9.17, 15) is 9.90 Å². The lowest BCUT2D eigenvalue weighted by Gasteiger charge is -2.19. The van der Waals surface area contributed by atoms with Gasteiger partial charge < -0.3 is 5.11 Å². The molecular formula is C16H23ClO2. The smallest absolute Gasteiger partial charge is 0.307 e. The van der Waals surface area contributed by atoms with Crippen molar-refractivity contribution in [1.29, 1.82) is 0 Å². The predicted octanol–water partition coefficient (Wildman–Crippen LogP) is 4.23. The minimum Gasteiger partial charge on any atom is -0.481 e. The van der Waals surface area contributed by atoms with Gasteiger partial charge in [0, 0.05) is 5.92 Å². The summed E-state index contributed by atoms with van der Waals surface area (Å²) in [7, 11) is 0. The average Bonchev–Trinajstić information content (AvgIpc) is 2.80. The summed E-state index contributed by atoms with van der Waals surface area (Å²) in [5.41, 5.74) is 2.47. The van der Waals surface area contributed by atoms with Crippen LogP contribution in [0, 0.1) is 11.3 Å². The van der Waals surface area contributed by atoms with Gasteiger partial charge in [-0.25, -0.2) is 0 Å². The molecule has 0 heterocycles. The summed E-state index contributed by atoms with van der Waals surface area (Å²) in [4.78, 5) is 11.2. The van der Waals surface area contributed by atoms with E-state index in [1.165, 1.54) is 5.56 Å². The number of carboxylic acids is 1. The zero-order chi connectivity index (χ0) is 13.7. The van der Waals surface area contributed by atoms with Crippen molar-refractivity contribution < 1.29 is 9.90 Å². The first kappa shape index (κ1) is 16.0. The van der Waals surface area contributed by atoms with E-state index >= 15 is 0 Å². The number of carbonyl (C=O) groups is 1. The third kappa shape index (κ3) is 2.79. The minimum atomic E-state index is -0.676. The molecule has 0 saturated heterocycles. The zero-order valence-electron chi connectivity index (χ0n) is 12.2. The second kappa shape index (κ2) is 4.82. The fourth-order valence-corrected chi connectivity index (χ4v) is 2.91. The second-order valence-corrected chi connectivity index (χ2v) is 6.99. The number of benzene rings is 1. The molecule has 1 aromatic carbocycles. The van der Waals surface area contributed by atoms with Crippen molar-refractivity contribution in [1.82, 2.24) is 0 Å². The van der Waals surface area contributed by atoms with Gasteiger partial charge in [0.1, 0.15) is 0 Å². The van der Waals surface area contributed by atoms with E-state index in [1.807, 2.05) is 13.8 Å². The monoisotopic (exact) mass is 282 g/mol. The molecule has 2 rings (SSSR count). The van der Waals surface area contributed by atoms with Gasteiger partial charge in [-0.1, -0.05) is 58.9 Å². The SMILES string of the molecule is CC(C)(C)c1ccc([C@H]2[C@H](C(=O)O)C2(C)C)cc1.Cl. The lowest BCUT2D eigenvalue weighted by molar-refractivity contribution is -0.139. The predicted molar refractivity (Wildman–Crippen MR) is 80.0 cm³/mol. The molecule has 0 amide bonds. The van der Waals surface area contributed by atoms with Crippen LogP contribution in [0.5, 0.6) is 0 Å². The molecule has 0 unspecified atom stereocenters. The van der Waals surface area contributed by atoms with Crippen LogP contribution in [0.2, 0.25) is 0 Å². The lowest BCUT2D eigenvalue weighted by atomic mass is 9.86. The molecule has 0 aromatic heterocycles. The van der Waals surface area contributed by atoms with Crippen molar-refractivity contribution in [2.75, 3.05) is 0 Å². The van der Waals surface area contributed by atoms with Crippen molar-refractivity contribution >= 4 is 18.4 Å². The van der Waals surface area contributed by atoms with Gasteiger partial charge in [-0.15, -0.1) is 12.4 Å². The summed E-state index contributed by atoms with van der Waals surface area (Å²) in [6.07, 6.45) is 0. The number of halogens is 1. The van der Waals surface area contributed by atoms with Gasteiger partial charge in [0.15, 0.2) is 0 Å². The van der Waals surface area contributed by atoms with Gasteiger partial charge >= 0.3 is 5.97 Å². The van der Waals surface area contributed by atoms with Gasteiger partial charge in [-0.3, -0.25) is 4.79 Å². The first-order chi connectivity index (χ1) is 8.15. The summed E-state index contributed by atoms with van der Waals surface area (Å²) >= 11 is 0.